The zero-order valence-corrected chi connectivity index (χ0v) is 15.8. The Kier molecular flexibility index (Phi) is 7.02. The second kappa shape index (κ2) is 9.02. The summed E-state index contributed by atoms with van der Waals surface area (Å²) in [5.74, 6) is -0.0814. The summed E-state index contributed by atoms with van der Waals surface area (Å²) in [6.45, 7) is 1.63. The van der Waals surface area contributed by atoms with Gasteiger partial charge in [0.05, 0.1) is 10.8 Å². The third-order valence-corrected chi connectivity index (χ3v) is 5.52. The SMILES string of the molecule is Cl.O=C(Nc1ccc(S(=O)(=O)Nc2ccccc2)cc1)C1CCCNC1. The maximum absolute atomic E-state index is 12.4. The first kappa shape index (κ1) is 20.2. The van der Waals surface area contributed by atoms with Gasteiger partial charge in [-0.15, -0.1) is 12.4 Å². The van der Waals surface area contributed by atoms with E-state index in [4.69, 9.17) is 0 Å². The van der Waals surface area contributed by atoms with Gasteiger partial charge >= 0.3 is 0 Å². The van der Waals surface area contributed by atoms with Crippen molar-refractivity contribution >= 4 is 39.7 Å². The predicted molar refractivity (Wildman–Crippen MR) is 105 cm³/mol. The van der Waals surface area contributed by atoms with Crippen LogP contribution in [0.3, 0.4) is 0 Å². The highest BCUT2D eigenvalue weighted by atomic mass is 35.5. The van der Waals surface area contributed by atoms with Crippen molar-refractivity contribution in [1.29, 1.82) is 0 Å². The lowest BCUT2D eigenvalue weighted by Crippen LogP contribution is -2.37. The molecular formula is C18H22ClN3O3S. The van der Waals surface area contributed by atoms with E-state index in [-0.39, 0.29) is 29.1 Å². The number of hydrogen-bond acceptors (Lipinski definition) is 4. The van der Waals surface area contributed by atoms with Gasteiger partial charge in [0.2, 0.25) is 5.91 Å². The molecule has 8 heteroatoms. The zero-order chi connectivity index (χ0) is 17.7. The number of sulfonamides is 1. The van der Waals surface area contributed by atoms with Gasteiger partial charge in [-0.1, -0.05) is 18.2 Å². The molecule has 0 spiro atoms. The van der Waals surface area contributed by atoms with Gasteiger partial charge in [-0.3, -0.25) is 9.52 Å². The van der Waals surface area contributed by atoms with Gasteiger partial charge in [-0.05, 0) is 55.8 Å². The molecule has 0 saturated carbocycles. The van der Waals surface area contributed by atoms with Crippen LogP contribution in [0.25, 0.3) is 0 Å². The van der Waals surface area contributed by atoms with Crippen LogP contribution in [0.1, 0.15) is 12.8 Å². The molecule has 2 aromatic rings. The van der Waals surface area contributed by atoms with Gasteiger partial charge in [-0.25, -0.2) is 8.42 Å². The number of rotatable bonds is 5. The van der Waals surface area contributed by atoms with Gasteiger partial charge < -0.3 is 10.6 Å². The number of piperidine rings is 1. The molecule has 1 atom stereocenters. The van der Waals surface area contributed by atoms with Crippen LogP contribution in [-0.2, 0) is 14.8 Å². The molecule has 1 aliphatic heterocycles. The van der Waals surface area contributed by atoms with E-state index in [2.05, 4.69) is 15.4 Å². The number of amides is 1. The van der Waals surface area contributed by atoms with Crippen molar-refractivity contribution in [2.45, 2.75) is 17.7 Å². The predicted octanol–water partition coefficient (Wildman–Crippen LogP) is 2.85. The second-order valence-electron chi connectivity index (χ2n) is 6.03. The average Bonchev–Trinajstić information content (AvgIpc) is 2.63. The van der Waals surface area contributed by atoms with Crippen molar-refractivity contribution < 1.29 is 13.2 Å². The van der Waals surface area contributed by atoms with E-state index in [1.54, 1.807) is 36.4 Å². The number of carbonyl (C=O) groups excluding carboxylic acids is 1. The van der Waals surface area contributed by atoms with E-state index in [1.165, 1.54) is 12.1 Å². The third-order valence-electron chi connectivity index (χ3n) is 4.13. The molecular weight excluding hydrogens is 374 g/mol. The first-order chi connectivity index (χ1) is 12.0. The van der Waals surface area contributed by atoms with Crippen molar-refractivity contribution in [1.82, 2.24) is 5.32 Å². The largest absolute Gasteiger partial charge is 0.326 e. The lowest BCUT2D eigenvalue weighted by atomic mass is 9.99. The van der Waals surface area contributed by atoms with E-state index in [0.29, 0.717) is 17.9 Å². The molecule has 1 heterocycles. The van der Waals surface area contributed by atoms with Crippen molar-refractivity contribution in [3.05, 3.63) is 54.6 Å². The lowest BCUT2D eigenvalue weighted by molar-refractivity contribution is -0.120. The van der Waals surface area contributed by atoms with Gasteiger partial charge in [0.1, 0.15) is 0 Å². The van der Waals surface area contributed by atoms with Crippen molar-refractivity contribution in [3.63, 3.8) is 0 Å². The summed E-state index contributed by atoms with van der Waals surface area (Å²) < 4.78 is 27.3. The second-order valence-corrected chi connectivity index (χ2v) is 7.71. The molecule has 1 fully saturated rings. The maximum Gasteiger partial charge on any atom is 0.261 e. The Morgan fingerprint density at radius 1 is 1.00 bits per heavy atom. The monoisotopic (exact) mass is 395 g/mol. The summed E-state index contributed by atoms with van der Waals surface area (Å²) in [6.07, 6.45) is 1.85. The van der Waals surface area contributed by atoms with E-state index >= 15 is 0 Å². The molecule has 26 heavy (non-hydrogen) atoms. The fourth-order valence-corrected chi connectivity index (χ4v) is 3.82. The molecule has 3 rings (SSSR count). The number of halogens is 1. The van der Waals surface area contributed by atoms with E-state index in [9.17, 15) is 13.2 Å². The minimum Gasteiger partial charge on any atom is -0.326 e. The smallest absolute Gasteiger partial charge is 0.261 e. The summed E-state index contributed by atoms with van der Waals surface area (Å²) in [4.78, 5) is 12.4. The molecule has 140 valence electrons. The fraction of sp³-hybridized carbons (Fsp3) is 0.278. The molecule has 0 radical (unpaired) electrons. The first-order valence-corrected chi connectivity index (χ1v) is 9.72. The number of para-hydroxylation sites is 1. The van der Waals surface area contributed by atoms with Crippen LogP contribution in [0.5, 0.6) is 0 Å². The molecule has 0 aromatic heterocycles. The highest BCUT2D eigenvalue weighted by Crippen LogP contribution is 2.19. The Balaban J connectivity index is 0.00000243. The lowest BCUT2D eigenvalue weighted by Gasteiger charge is -2.21. The molecule has 0 aliphatic carbocycles. The average molecular weight is 396 g/mol. The van der Waals surface area contributed by atoms with E-state index < -0.39 is 10.0 Å². The minimum absolute atomic E-state index is 0. The number of carbonyl (C=O) groups is 1. The minimum atomic E-state index is -3.65. The summed E-state index contributed by atoms with van der Waals surface area (Å²) in [7, 11) is -3.65. The summed E-state index contributed by atoms with van der Waals surface area (Å²) in [6, 6.07) is 14.9. The van der Waals surface area contributed by atoms with Crippen molar-refractivity contribution in [3.8, 4) is 0 Å². The zero-order valence-electron chi connectivity index (χ0n) is 14.1. The van der Waals surface area contributed by atoms with Crippen LogP contribution < -0.4 is 15.4 Å². The van der Waals surface area contributed by atoms with Crippen LogP contribution >= 0.6 is 12.4 Å². The highest BCUT2D eigenvalue weighted by Gasteiger charge is 2.21. The van der Waals surface area contributed by atoms with Crippen LogP contribution in [0.4, 0.5) is 11.4 Å². The quantitative estimate of drug-likeness (QED) is 0.726. The Morgan fingerprint density at radius 3 is 2.31 bits per heavy atom. The Morgan fingerprint density at radius 2 is 1.69 bits per heavy atom. The summed E-state index contributed by atoms with van der Waals surface area (Å²) in [5, 5.41) is 6.05. The molecule has 1 unspecified atom stereocenters. The highest BCUT2D eigenvalue weighted by molar-refractivity contribution is 7.92. The van der Waals surface area contributed by atoms with E-state index in [1.807, 2.05) is 6.07 Å². The van der Waals surface area contributed by atoms with Gasteiger partial charge in [0, 0.05) is 17.9 Å². The standard InChI is InChI=1S/C18H21N3O3S.ClH/c22-18(14-5-4-12-19-13-14)20-15-8-10-17(11-9-15)25(23,24)21-16-6-2-1-3-7-16;/h1-3,6-11,14,19,21H,4-5,12-13H2,(H,20,22);1H. The number of hydrogen-bond donors (Lipinski definition) is 3. The Labute approximate surface area is 159 Å². The number of nitrogens with one attached hydrogen (secondary N) is 3. The van der Waals surface area contributed by atoms with Crippen LogP contribution in [0.2, 0.25) is 0 Å². The van der Waals surface area contributed by atoms with Crippen LogP contribution in [0, 0.1) is 5.92 Å². The van der Waals surface area contributed by atoms with Crippen molar-refractivity contribution in [2.75, 3.05) is 23.1 Å². The Hall–Kier alpha value is -2.09. The molecule has 1 aliphatic rings. The topological polar surface area (TPSA) is 87.3 Å². The molecule has 0 bridgehead atoms. The molecule has 3 N–H and O–H groups in total. The van der Waals surface area contributed by atoms with E-state index in [0.717, 1.165) is 19.4 Å². The maximum atomic E-state index is 12.4. The molecule has 6 nitrogen and oxygen atoms in total. The third kappa shape index (κ3) is 5.20. The number of benzene rings is 2. The molecule has 1 amide bonds. The van der Waals surface area contributed by atoms with Crippen LogP contribution in [0.15, 0.2) is 59.5 Å². The van der Waals surface area contributed by atoms with Gasteiger partial charge in [-0.2, -0.15) is 0 Å². The van der Waals surface area contributed by atoms with Gasteiger partial charge in [0.15, 0.2) is 0 Å². The Bertz CT molecular complexity index is 821. The van der Waals surface area contributed by atoms with Gasteiger partial charge in [0.25, 0.3) is 10.0 Å². The normalized spacial score (nSPS) is 17.0. The summed E-state index contributed by atoms with van der Waals surface area (Å²) in [5.41, 5.74) is 1.10. The number of anilines is 2. The summed E-state index contributed by atoms with van der Waals surface area (Å²) >= 11 is 0. The molecule has 2 aromatic carbocycles. The fourth-order valence-electron chi connectivity index (χ4n) is 2.76. The van der Waals surface area contributed by atoms with Crippen LogP contribution in [-0.4, -0.2) is 27.4 Å². The first-order valence-electron chi connectivity index (χ1n) is 8.24. The molecule has 1 saturated heterocycles. The van der Waals surface area contributed by atoms with Crippen molar-refractivity contribution in [2.24, 2.45) is 5.92 Å².